The Kier molecular flexibility index (Phi) is 4.52. The number of halogens is 1. The summed E-state index contributed by atoms with van der Waals surface area (Å²) >= 11 is 3.21. The lowest BCUT2D eigenvalue weighted by atomic mass is 9.67. The van der Waals surface area contributed by atoms with Crippen molar-refractivity contribution in [2.45, 2.75) is 38.3 Å². The van der Waals surface area contributed by atoms with Crippen LogP contribution in [0.4, 0.5) is 4.79 Å². The van der Waals surface area contributed by atoms with E-state index in [0.717, 1.165) is 18.4 Å². The van der Waals surface area contributed by atoms with Crippen LogP contribution in [-0.4, -0.2) is 23.2 Å². The largest absolute Gasteiger partial charge is 0.445 e. The Hall–Kier alpha value is -1.36. The molecule has 1 atom stereocenters. The van der Waals surface area contributed by atoms with Crippen molar-refractivity contribution < 1.29 is 14.3 Å². The van der Waals surface area contributed by atoms with Gasteiger partial charge in [0.1, 0.15) is 6.61 Å². The lowest BCUT2D eigenvalue weighted by Gasteiger charge is -2.40. The van der Waals surface area contributed by atoms with E-state index in [4.69, 9.17) is 4.74 Å². The van der Waals surface area contributed by atoms with Crippen LogP contribution in [0.2, 0.25) is 0 Å². The highest BCUT2D eigenvalue weighted by Crippen LogP contribution is 2.64. The molecule has 3 rings (SSSR count). The van der Waals surface area contributed by atoms with Crippen molar-refractivity contribution in [1.82, 2.24) is 5.32 Å². The lowest BCUT2D eigenvalue weighted by Crippen LogP contribution is -2.51. The Morgan fingerprint density at radius 2 is 1.95 bits per heavy atom. The molecule has 5 heteroatoms. The van der Waals surface area contributed by atoms with Crippen LogP contribution in [0.3, 0.4) is 0 Å². The molecule has 0 radical (unpaired) electrons. The van der Waals surface area contributed by atoms with Crippen molar-refractivity contribution in [3.05, 3.63) is 35.9 Å². The second kappa shape index (κ2) is 6.41. The minimum Gasteiger partial charge on any atom is -0.445 e. The Morgan fingerprint density at radius 1 is 1.27 bits per heavy atom. The van der Waals surface area contributed by atoms with Gasteiger partial charge in [0.25, 0.3) is 0 Å². The van der Waals surface area contributed by atoms with E-state index in [2.05, 4.69) is 21.2 Å². The molecule has 0 aromatic heterocycles. The van der Waals surface area contributed by atoms with E-state index in [1.165, 1.54) is 12.8 Å². The first-order chi connectivity index (χ1) is 10.6. The summed E-state index contributed by atoms with van der Waals surface area (Å²) in [6.07, 6.45) is 4.14. The molecule has 0 bridgehead atoms. The highest BCUT2D eigenvalue weighted by atomic mass is 79.9. The normalized spacial score (nSPS) is 20.0. The number of nitrogens with one attached hydrogen (secondary N) is 1. The van der Waals surface area contributed by atoms with Gasteiger partial charge in [-0.15, -0.1) is 0 Å². The highest BCUT2D eigenvalue weighted by Gasteiger charge is 2.55. The summed E-state index contributed by atoms with van der Waals surface area (Å²) in [7, 11) is 0. The molecule has 22 heavy (non-hydrogen) atoms. The molecule has 0 aliphatic heterocycles. The van der Waals surface area contributed by atoms with Crippen LogP contribution < -0.4 is 5.32 Å². The zero-order valence-corrected chi connectivity index (χ0v) is 14.0. The summed E-state index contributed by atoms with van der Waals surface area (Å²) in [6, 6.07) is 9.09. The van der Waals surface area contributed by atoms with Crippen LogP contribution in [-0.2, 0) is 16.1 Å². The number of alkyl halides is 1. The van der Waals surface area contributed by atoms with Gasteiger partial charge in [0, 0.05) is 0 Å². The minimum absolute atomic E-state index is 0.0251. The fourth-order valence-corrected chi connectivity index (χ4v) is 3.66. The number of ether oxygens (including phenoxy) is 1. The van der Waals surface area contributed by atoms with E-state index in [9.17, 15) is 9.59 Å². The maximum Gasteiger partial charge on any atom is 0.408 e. The van der Waals surface area contributed by atoms with Crippen molar-refractivity contribution in [1.29, 1.82) is 0 Å². The number of carbonyl (C=O) groups excluding carboxylic acids is 2. The van der Waals surface area contributed by atoms with Gasteiger partial charge in [-0.05, 0) is 42.6 Å². The van der Waals surface area contributed by atoms with Crippen molar-refractivity contribution in [3.63, 3.8) is 0 Å². The van der Waals surface area contributed by atoms with Gasteiger partial charge >= 0.3 is 6.09 Å². The zero-order valence-electron chi connectivity index (χ0n) is 12.4. The molecule has 2 aliphatic carbocycles. The quantitative estimate of drug-likeness (QED) is 0.785. The van der Waals surface area contributed by atoms with Crippen LogP contribution in [0, 0.1) is 11.3 Å². The number of benzene rings is 1. The van der Waals surface area contributed by atoms with Gasteiger partial charge in [-0.1, -0.05) is 46.3 Å². The van der Waals surface area contributed by atoms with Gasteiger partial charge in [0.2, 0.25) is 0 Å². The number of rotatable bonds is 6. The minimum atomic E-state index is -0.514. The number of Topliss-reactive ketones (excluding diaryl/α,β-unsaturated/α-hetero) is 1. The maximum atomic E-state index is 12.1. The molecule has 1 amide bonds. The van der Waals surface area contributed by atoms with E-state index in [1.807, 2.05) is 30.3 Å². The van der Waals surface area contributed by atoms with E-state index in [0.29, 0.717) is 5.41 Å². The first-order valence-corrected chi connectivity index (χ1v) is 8.80. The molecular formula is C17H20BrNO3. The fourth-order valence-electron chi connectivity index (χ4n) is 3.31. The molecule has 1 unspecified atom stereocenters. The second-order valence-electron chi connectivity index (χ2n) is 6.45. The summed E-state index contributed by atoms with van der Waals surface area (Å²) in [4.78, 5) is 24.0. The molecule has 4 nitrogen and oxygen atoms in total. The smallest absolute Gasteiger partial charge is 0.408 e. The molecule has 0 heterocycles. The third-order valence-electron chi connectivity index (χ3n) is 4.78. The summed E-state index contributed by atoms with van der Waals surface area (Å²) in [5.41, 5.74) is 1.44. The van der Waals surface area contributed by atoms with Crippen LogP contribution in [0.1, 0.15) is 31.2 Å². The first kappa shape index (κ1) is 15.5. The average Bonchev–Trinajstić information content (AvgIpc) is 3.30. The molecular weight excluding hydrogens is 346 g/mol. The van der Waals surface area contributed by atoms with Gasteiger partial charge in [-0.25, -0.2) is 4.79 Å². The number of amides is 1. The predicted octanol–water partition coefficient (Wildman–Crippen LogP) is 3.44. The molecule has 2 fully saturated rings. The standard InChI is InChI=1S/C17H20BrNO3/c18-10-14(20)15(13-8-17(9-13)6-7-17)19-16(21)22-11-12-4-2-1-3-5-12/h1-5,13,15H,6-11H2,(H,19,21). The average molecular weight is 366 g/mol. The van der Waals surface area contributed by atoms with E-state index >= 15 is 0 Å². The van der Waals surface area contributed by atoms with E-state index in [-0.39, 0.29) is 23.6 Å². The van der Waals surface area contributed by atoms with Crippen LogP contribution in [0.5, 0.6) is 0 Å². The molecule has 2 aliphatic rings. The van der Waals surface area contributed by atoms with Crippen molar-refractivity contribution in [3.8, 4) is 0 Å². The van der Waals surface area contributed by atoms with Gasteiger partial charge in [-0.3, -0.25) is 4.79 Å². The van der Waals surface area contributed by atoms with Crippen molar-refractivity contribution >= 4 is 27.8 Å². The molecule has 1 aromatic carbocycles. The fraction of sp³-hybridized carbons (Fsp3) is 0.529. The molecule has 2 saturated carbocycles. The van der Waals surface area contributed by atoms with Gasteiger partial charge < -0.3 is 10.1 Å². The lowest BCUT2D eigenvalue weighted by molar-refractivity contribution is -0.121. The number of ketones is 1. The summed E-state index contributed by atoms with van der Waals surface area (Å²) < 4.78 is 5.22. The third-order valence-corrected chi connectivity index (χ3v) is 5.34. The van der Waals surface area contributed by atoms with Crippen LogP contribution >= 0.6 is 15.9 Å². The SMILES string of the molecule is O=C(NC(C(=O)CBr)C1CC2(CC2)C1)OCc1ccccc1. The predicted molar refractivity (Wildman–Crippen MR) is 86.7 cm³/mol. The number of alkyl carbamates (subject to hydrolysis) is 1. The molecule has 1 spiro atoms. The number of hydrogen-bond donors (Lipinski definition) is 1. The topological polar surface area (TPSA) is 55.4 Å². The molecule has 1 N–H and O–H groups in total. The molecule has 0 saturated heterocycles. The zero-order chi connectivity index (χ0) is 15.6. The summed E-state index contributed by atoms with van der Waals surface area (Å²) in [5.74, 6) is 0.286. The summed E-state index contributed by atoms with van der Waals surface area (Å²) in [5, 5.41) is 3.03. The van der Waals surface area contributed by atoms with Gasteiger partial charge in [0.15, 0.2) is 5.78 Å². The number of hydrogen-bond acceptors (Lipinski definition) is 3. The Morgan fingerprint density at radius 3 is 2.55 bits per heavy atom. The molecule has 1 aromatic rings. The van der Waals surface area contributed by atoms with Gasteiger partial charge in [-0.2, -0.15) is 0 Å². The van der Waals surface area contributed by atoms with Crippen molar-refractivity contribution in [2.24, 2.45) is 11.3 Å². The Bertz CT molecular complexity index is 548. The van der Waals surface area contributed by atoms with Crippen molar-refractivity contribution in [2.75, 3.05) is 5.33 Å². The summed E-state index contributed by atoms with van der Waals surface area (Å²) in [6.45, 7) is 0.219. The number of carbonyl (C=O) groups is 2. The van der Waals surface area contributed by atoms with Crippen LogP contribution in [0.15, 0.2) is 30.3 Å². The van der Waals surface area contributed by atoms with E-state index in [1.54, 1.807) is 0 Å². The van der Waals surface area contributed by atoms with Gasteiger partial charge in [0.05, 0.1) is 11.4 Å². The Labute approximate surface area is 138 Å². The monoisotopic (exact) mass is 365 g/mol. The highest BCUT2D eigenvalue weighted by molar-refractivity contribution is 9.09. The first-order valence-electron chi connectivity index (χ1n) is 7.68. The maximum absolute atomic E-state index is 12.1. The Balaban J connectivity index is 1.51. The van der Waals surface area contributed by atoms with E-state index < -0.39 is 12.1 Å². The third kappa shape index (κ3) is 3.51. The van der Waals surface area contributed by atoms with Crippen LogP contribution in [0.25, 0.3) is 0 Å². The molecule has 118 valence electrons. The second-order valence-corrected chi connectivity index (χ2v) is 7.01.